The number of sulfonamides is 1. The van der Waals surface area contributed by atoms with Gasteiger partial charge in [-0.2, -0.15) is 0 Å². The number of hydrogen-bond acceptors (Lipinski definition) is 6. The largest absolute Gasteiger partial charge is 0.469 e. The molecule has 3 rings (SSSR count). The number of anilines is 1. The second kappa shape index (κ2) is 5.57. The summed E-state index contributed by atoms with van der Waals surface area (Å²) >= 11 is 1.41. The van der Waals surface area contributed by atoms with Gasteiger partial charge in [0.25, 0.3) is 0 Å². The van der Waals surface area contributed by atoms with E-state index < -0.39 is 27.2 Å². The van der Waals surface area contributed by atoms with Gasteiger partial charge in [-0.3, -0.25) is 9.52 Å². The van der Waals surface area contributed by atoms with Gasteiger partial charge >= 0.3 is 5.97 Å². The Bertz CT molecular complexity index is 632. The molecule has 2 atom stereocenters. The molecule has 0 saturated heterocycles. The second-order valence-electron chi connectivity index (χ2n) is 5.49. The average molecular weight is 330 g/mol. The monoisotopic (exact) mass is 330 g/mol. The third-order valence-corrected chi connectivity index (χ3v) is 7.22. The average Bonchev–Trinajstić information content (AvgIpc) is 3.11. The zero-order valence-electron chi connectivity index (χ0n) is 11.8. The van der Waals surface area contributed by atoms with Gasteiger partial charge in [0.1, 0.15) is 0 Å². The number of aryl methyl sites for hydroxylation is 2. The van der Waals surface area contributed by atoms with Gasteiger partial charge in [0, 0.05) is 4.88 Å². The standard InChI is InChI=1S/C13H18N2O4S2/c1-19-12(16)8-4-2-7-11(8)21(17,18)15-13-14-9-5-3-6-10(9)20-13/h8,11H,2-7H2,1H3,(H,14,15). The number of carbonyl (C=O) groups is 1. The van der Waals surface area contributed by atoms with Crippen molar-refractivity contribution >= 4 is 32.5 Å². The van der Waals surface area contributed by atoms with E-state index in [1.54, 1.807) is 0 Å². The maximum Gasteiger partial charge on any atom is 0.310 e. The molecule has 0 spiro atoms. The van der Waals surface area contributed by atoms with Crippen molar-refractivity contribution in [2.24, 2.45) is 5.92 Å². The van der Waals surface area contributed by atoms with E-state index >= 15 is 0 Å². The van der Waals surface area contributed by atoms with Crippen LogP contribution in [0.25, 0.3) is 0 Å². The van der Waals surface area contributed by atoms with Crippen molar-refractivity contribution in [1.29, 1.82) is 0 Å². The van der Waals surface area contributed by atoms with Crippen LogP contribution in [0.4, 0.5) is 5.13 Å². The number of esters is 1. The van der Waals surface area contributed by atoms with Gasteiger partial charge in [-0.1, -0.05) is 6.42 Å². The molecule has 116 valence electrons. The van der Waals surface area contributed by atoms with Crippen molar-refractivity contribution < 1.29 is 17.9 Å². The normalized spacial score (nSPS) is 24.8. The van der Waals surface area contributed by atoms with Crippen LogP contribution in [0.2, 0.25) is 0 Å². The fourth-order valence-electron chi connectivity index (χ4n) is 3.15. The molecule has 8 heteroatoms. The van der Waals surface area contributed by atoms with E-state index in [2.05, 4.69) is 9.71 Å². The SMILES string of the molecule is COC(=O)C1CCCC1S(=O)(=O)Nc1nc2c(s1)CCC2. The molecule has 0 aromatic carbocycles. The molecule has 0 bridgehead atoms. The highest BCUT2D eigenvalue weighted by molar-refractivity contribution is 7.93. The Morgan fingerprint density at radius 1 is 1.33 bits per heavy atom. The molecule has 2 aliphatic rings. The number of thiazole rings is 1. The summed E-state index contributed by atoms with van der Waals surface area (Å²) in [6.07, 6.45) is 4.76. The first-order valence-corrected chi connectivity index (χ1v) is 9.45. The maximum atomic E-state index is 12.5. The zero-order valence-corrected chi connectivity index (χ0v) is 13.4. The summed E-state index contributed by atoms with van der Waals surface area (Å²) in [4.78, 5) is 17.2. The van der Waals surface area contributed by atoms with Gasteiger partial charge in [0.2, 0.25) is 10.0 Å². The molecule has 1 aromatic rings. The highest BCUT2D eigenvalue weighted by atomic mass is 32.2. The van der Waals surface area contributed by atoms with E-state index in [4.69, 9.17) is 4.74 Å². The number of nitrogens with one attached hydrogen (secondary N) is 1. The van der Waals surface area contributed by atoms with Crippen LogP contribution >= 0.6 is 11.3 Å². The fourth-order valence-corrected chi connectivity index (χ4v) is 6.16. The number of ether oxygens (including phenoxy) is 1. The third kappa shape index (κ3) is 2.78. The number of aromatic nitrogens is 1. The zero-order chi connectivity index (χ0) is 15.0. The van der Waals surface area contributed by atoms with Crippen molar-refractivity contribution in [2.75, 3.05) is 11.8 Å². The number of methoxy groups -OCH3 is 1. The summed E-state index contributed by atoms with van der Waals surface area (Å²) in [5.74, 6) is -1.01. The first-order valence-electron chi connectivity index (χ1n) is 7.09. The highest BCUT2D eigenvalue weighted by Crippen LogP contribution is 2.35. The van der Waals surface area contributed by atoms with Crippen LogP contribution in [0, 0.1) is 5.92 Å². The summed E-state index contributed by atoms with van der Waals surface area (Å²) < 4.78 is 32.3. The van der Waals surface area contributed by atoms with Crippen LogP contribution in [0.1, 0.15) is 36.3 Å². The molecule has 1 aromatic heterocycles. The summed E-state index contributed by atoms with van der Waals surface area (Å²) in [6.45, 7) is 0. The van der Waals surface area contributed by atoms with Crippen LogP contribution in [0.3, 0.4) is 0 Å². The van der Waals surface area contributed by atoms with Gasteiger partial charge in [-0.15, -0.1) is 11.3 Å². The van der Waals surface area contributed by atoms with Gasteiger partial charge in [0.15, 0.2) is 5.13 Å². The number of hydrogen-bond donors (Lipinski definition) is 1. The lowest BCUT2D eigenvalue weighted by Crippen LogP contribution is -2.35. The van der Waals surface area contributed by atoms with Crippen molar-refractivity contribution in [3.05, 3.63) is 10.6 Å². The van der Waals surface area contributed by atoms with Gasteiger partial charge < -0.3 is 4.74 Å². The summed E-state index contributed by atoms with van der Waals surface area (Å²) in [5, 5.41) is -0.293. The molecular weight excluding hydrogens is 312 g/mol. The second-order valence-corrected chi connectivity index (χ2v) is 8.47. The predicted molar refractivity (Wildman–Crippen MR) is 79.8 cm³/mol. The molecule has 0 amide bonds. The lowest BCUT2D eigenvalue weighted by Gasteiger charge is -2.18. The molecule has 1 saturated carbocycles. The molecular formula is C13H18N2O4S2. The number of fused-ring (bicyclic) bond motifs is 1. The van der Waals surface area contributed by atoms with E-state index in [1.165, 1.54) is 23.3 Å². The molecule has 1 heterocycles. The molecule has 2 aliphatic carbocycles. The lowest BCUT2D eigenvalue weighted by atomic mass is 10.1. The molecule has 1 N–H and O–H groups in total. The van der Waals surface area contributed by atoms with E-state index in [-0.39, 0.29) is 0 Å². The van der Waals surface area contributed by atoms with E-state index in [0.29, 0.717) is 18.0 Å². The quantitative estimate of drug-likeness (QED) is 0.850. The lowest BCUT2D eigenvalue weighted by molar-refractivity contribution is -0.145. The van der Waals surface area contributed by atoms with Gasteiger partial charge in [-0.25, -0.2) is 13.4 Å². The van der Waals surface area contributed by atoms with Crippen molar-refractivity contribution in [3.8, 4) is 0 Å². The number of rotatable bonds is 4. The smallest absolute Gasteiger partial charge is 0.310 e. The summed E-state index contributed by atoms with van der Waals surface area (Å²) in [6, 6.07) is 0. The topological polar surface area (TPSA) is 85.4 Å². The molecule has 2 unspecified atom stereocenters. The molecule has 21 heavy (non-hydrogen) atoms. The Kier molecular flexibility index (Phi) is 3.92. The van der Waals surface area contributed by atoms with E-state index in [0.717, 1.165) is 31.4 Å². The summed E-state index contributed by atoms with van der Waals surface area (Å²) in [5.41, 5.74) is 1.01. The van der Waals surface area contributed by atoms with E-state index in [9.17, 15) is 13.2 Å². The maximum absolute atomic E-state index is 12.5. The Morgan fingerprint density at radius 3 is 2.86 bits per heavy atom. The first kappa shape index (κ1) is 14.8. The number of carbonyl (C=O) groups excluding carboxylic acids is 1. The molecule has 0 aliphatic heterocycles. The number of nitrogens with zero attached hydrogens (tertiary/aromatic N) is 1. The van der Waals surface area contributed by atoms with E-state index in [1.807, 2.05) is 0 Å². The van der Waals surface area contributed by atoms with Crippen LogP contribution in [0.15, 0.2) is 0 Å². The summed E-state index contributed by atoms with van der Waals surface area (Å²) in [7, 11) is -2.31. The minimum atomic E-state index is -3.61. The fraction of sp³-hybridized carbons (Fsp3) is 0.692. The Hall–Kier alpha value is -1.15. The highest BCUT2D eigenvalue weighted by Gasteiger charge is 2.42. The Balaban J connectivity index is 1.78. The van der Waals surface area contributed by atoms with Gasteiger partial charge in [-0.05, 0) is 32.1 Å². The van der Waals surface area contributed by atoms with Crippen LogP contribution in [-0.4, -0.2) is 31.7 Å². The molecule has 0 radical (unpaired) electrons. The van der Waals surface area contributed by atoms with Crippen molar-refractivity contribution in [3.63, 3.8) is 0 Å². The Morgan fingerprint density at radius 2 is 2.14 bits per heavy atom. The first-order chi connectivity index (χ1) is 10.0. The molecule has 1 fully saturated rings. The van der Waals surface area contributed by atoms with Crippen molar-refractivity contribution in [2.45, 2.75) is 43.8 Å². The van der Waals surface area contributed by atoms with Crippen LogP contribution in [-0.2, 0) is 32.4 Å². The van der Waals surface area contributed by atoms with Crippen molar-refractivity contribution in [1.82, 2.24) is 4.98 Å². The minimum Gasteiger partial charge on any atom is -0.469 e. The van der Waals surface area contributed by atoms with Crippen LogP contribution in [0.5, 0.6) is 0 Å². The molecule has 6 nitrogen and oxygen atoms in total. The predicted octanol–water partition coefficient (Wildman–Crippen LogP) is 1.72. The van der Waals surface area contributed by atoms with Crippen LogP contribution < -0.4 is 4.72 Å². The minimum absolute atomic E-state index is 0.426. The van der Waals surface area contributed by atoms with Gasteiger partial charge in [0.05, 0.1) is 24.0 Å². The Labute approximate surface area is 128 Å². The third-order valence-electron chi connectivity index (χ3n) is 4.18.